The zero-order valence-electron chi connectivity index (χ0n) is 14.7. The summed E-state index contributed by atoms with van der Waals surface area (Å²) in [5, 5.41) is 6.73. The molecule has 0 radical (unpaired) electrons. The second kappa shape index (κ2) is 7.38. The minimum atomic E-state index is -0.509. The Labute approximate surface area is 149 Å². The molecule has 0 unspecified atom stereocenters. The lowest BCUT2D eigenvalue weighted by Crippen LogP contribution is -2.33. The molecule has 1 N–H and O–H groups in total. The second-order valence-corrected chi connectivity index (χ2v) is 6.02. The molecule has 0 aliphatic rings. The zero-order chi connectivity index (χ0) is 18.7. The topological polar surface area (TPSA) is 82.2 Å². The van der Waals surface area contributed by atoms with Crippen molar-refractivity contribution in [2.75, 3.05) is 7.11 Å². The number of carbonyl (C=O) groups excluding carboxylic acids is 1. The molecule has 0 aliphatic heterocycles. The van der Waals surface area contributed by atoms with Gasteiger partial charge < -0.3 is 19.1 Å². The van der Waals surface area contributed by atoms with E-state index in [4.69, 9.17) is 9.26 Å². The molecule has 0 aliphatic carbocycles. The van der Waals surface area contributed by atoms with E-state index in [9.17, 15) is 9.18 Å². The van der Waals surface area contributed by atoms with Gasteiger partial charge in [0.05, 0.1) is 7.11 Å². The monoisotopic (exact) mass is 358 g/mol. The van der Waals surface area contributed by atoms with Crippen LogP contribution in [0, 0.1) is 5.82 Å². The quantitative estimate of drug-likeness (QED) is 0.733. The number of rotatable bonds is 6. The first kappa shape index (κ1) is 17.7. The van der Waals surface area contributed by atoms with Crippen molar-refractivity contribution < 1.29 is 18.4 Å². The average molecular weight is 358 g/mol. The predicted octanol–water partition coefficient (Wildman–Crippen LogP) is 2.88. The van der Waals surface area contributed by atoms with Gasteiger partial charge in [0.25, 0.3) is 5.89 Å². The van der Waals surface area contributed by atoms with Crippen LogP contribution >= 0.6 is 0 Å². The lowest BCUT2D eigenvalue weighted by Gasteiger charge is -2.10. The van der Waals surface area contributed by atoms with E-state index in [1.165, 1.54) is 19.2 Å². The van der Waals surface area contributed by atoms with Gasteiger partial charge >= 0.3 is 0 Å². The fraction of sp³-hybridized carbons (Fsp3) is 0.278. The zero-order valence-corrected chi connectivity index (χ0v) is 14.7. The summed E-state index contributed by atoms with van der Waals surface area (Å²) < 4.78 is 25.8. The smallest absolute Gasteiger partial charge is 0.274 e. The molecule has 3 aromatic rings. The van der Waals surface area contributed by atoms with Crippen LogP contribution in [0.2, 0.25) is 0 Å². The molecule has 8 heteroatoms. The lowest BCUT2D eigenvalue weighted by atomic mass is 10.2. The summed E-state index contributed by atoms with van der Waals surface area (Å²) in [6.07, 6.45) is 1.76. The van der Waals surface area contributed by atoms with Crippen LogP contribution in [0.25, 0.3) is 23.0 Å². The molecule has 2 heterocycles. The van der Waals surface area contributed by atoms with Crippen LogP contribution in [0.4, 0.5) is 4.39 Å². The highest BCUT2D eigenvalue weighted by Gasteiger charge is 2.16. The number of nitrogens with one attached hydrogen (secondary N) is 1. The molecule has 1 aromatic carbocycles. The first-order valence-electron chi connectivity index (χ1n) is 8.10. The Hall–Kier alpha value is -3.16. The van der Waals surface area contributed by atoms with Crippen LogP contribution in [0.15, 0.2) is 41.1 Å². The molecule has 2 aromatic heterocycles. The van der Waals surface area contributed by atoms with Crippen LogP contribution in [-0.4, -0.2) is 33.8 Å². The summed E-state index contributed by atoms with van der Waals surface area (Å²) in [7, 11) is 1.40. The normalized spacial score (nSPS) is 11.0. The first-order valence-corrected chi connectivity index (χ1v) is 8.10. The summed E-state index contributed by atoms with van der Waals surface area (Å²) in [5.74, 6) is 0.0153. The molecule has 0 saturated carbocycles. The van der Waals surface area contributed by atoms with E-state index in [0.717, 1.165) is 0 Å². The minimum Gasteiger partial charge on any atom is -0.494 e. The van der Waals surface area contributed by atoms with Crippen molar-refractivity contribution in [3.05, 3.63) is 42.3 Å². The predicted molar refractivity (Wildman–Crippen MR) is 92.9 cm³/mol. The third-order valence-corrected chi connectivity index (χ3v) is 3.65. The number of amides is 1. The van der Waals surface area contributed by atoms with Gasteiger partial charge in [0, 0.05) is 17.8 Å². The molecule has 3 rings (SSSR count). The Morgan fingerprint density at radius 1 is 1.38 bits per heavy atom. The number of hydrogen-bond acceptors (Lipinski definition) is 5. The third kappa shape index (κ3) is 3.74. The van der Waals surface area contributed by atoms with E-state index >= 15 is 0 Å². The standard InChI is InChI=1S/C18H19FN4O3/c1-11(2)20-16(24)10-23-8-4-5-14(23)18-21-17(22-26-18)12-6-7-15(25-3)13(19)9-12/h4-9,11H,10H2,1-3H3,(H,20,24). The number of carbonyl (C=O) groups is 1. The Morgan fingerprint density at radius 3 is 2.88 bits per heavy atom. The van der Waals surface area contributed by atoms with Crippen molar-refractivity contribution in [2.24, 2.45) is 0 Å². The molecular formula is C18H19FN4O3. The summed E-state index contributed by atoms with van der Waals surface area (Å²) in [5.41, 5.74) is 1.07. The van der Waals surface area contributed by atoms with Crippen LogP contribution in [0.3, 0.4) is 0 Å². The van der Waals surface area contributed by atoms with E-state index in [0.29, 0.717) is 11.3 Å². The number of halogens is 1. The number of hydrogen-bond donors (Lipinski definition) is 1. The first-order chi connectivity index (χ1) is 12.5. The summed E-state index contributed by atoms with van der Waals surface area (Å²) in [4.78, 5) is 16.3. The molecule has 26 heavy (non-hydrogen) atoms. The van der Waals surface area contributed by atoms with Crippen molar-refractivity contribution in [1.29, 1.82) is 0 Å². The van der Waals surface area contributed by atoms with Crippen molar-refractivity contribution in [2.45, 2.75) is 26.4 Å². The number of benzene rings is 1. The Kier molecular flexibility index (Phi) is 5.01. The molecule has 0 bridgehead atoms. The van der Waals surface area contributed by atoms with Crippen molar-refractivity contribution >= 4 is 5.91 Å². The highest BCUT2D eigenvalue weighted by atomic mass is 19.1. The lowest BCUT2D eigenvalue weighted by molar-refractivity contribution is -0.122. The number of ether oxygens (including phenoxy) is 1. The maximum absolute atomic E-state index is 13.9. The number of aromatic nitrogens is 3. The number of nitrogens with zero attached hydrogens (tertiary/aromatic N) is 3. The third-order valence-electron chi connectivity index (χ3n) is 3.65. The van der Waals surface area contributed by atoms with E-state index in [1.807, 2.05) is 13.8 Å². The Balaban J connectivity index is 1.84. The van der Waals surface area contributed by atoms with Crippen molar-refractivity contribution in [1.82, 2.24) is 20.0 Å². The maximum Gasteiger partial charge on any atom is 0.274 e. The van der Waals surface area contributed by atoms with E-state index < -0.39 is 5.82 Å². The van der Waals surface area contributed by atoms with Crippen molar-refractivity contribution in [3.63, 3.8) is 0 Å². The molecule has 7 nitrogen and oxygen atoms in total. The van der Waals surface area contributed by atoms with Crippen LogP contribution in [0.1, 0.15) is 13.8 Å². The minimum absolute atomic E-state index is 0.0569. The summed E-state index contributed by atoms with van der Waals surface area (Å²) in [6, 6.07) is 8.04. The van der Waals surface area contributed by atoms with Gasteiger partial charge in [-0.2, -0.15) is 4.98 Å². The molecular weight excluding hydrogens is 339 g/mol. The molecule has 1 amide bonds. The van der Waals surface area contributed by atoms with Gasteiger partial charge in [-0.25, -0.2) is 4.39 Å². The SMILES string of the molecule is COc1ccc(-c2noc(-c3cccn3CC(=O)NC(C)C)n2)cc1F. The van der Waals surface area contributed by atoms with Gasteiger partial charge in [0.15, 0.2) is 11.6 Å². The van der Waals surface area contributed by atoms with Gasteiger partial charge in [-0.15, -0.1) is 0 Å². The van der Waals surface area contributed by atoms with Gasteiger partial charge in [-0.1, -0.05) is 5.16 Å². The number of methoxy groups -OCH3 is 1. The molecule has 0 spiro atoms. The molecule has 0 fully saturated rings. The largest absolute Gasteiger partial charge is 0.494 e. The Bertz CT molecular complexity index is 917. The maximum atomic E-state index is 13.9. The van der Waals surface area contributed by atoms with Gasteiger partial charge in [-0.3, -0.25) is 4.79 Å². The fourth-order valence-corrected chi connectivity index (χ4v) is 2.52. The molecule has 0 atom stereocenters. The van der Waals surface area contributed by atoms with E-state index in [2.05, 4.69) is 15.5 Å². The van der Waals surface area contributed by atoms with Crippen LogP contribution in [0.5, 0.6) is 5.75 Å². The van der Waals surface area contributed by atoms with E-state index in [-0.39, 0.29) is 36.0 Å². The highest BCUT2D eigenvalue weighted by Crippen LogP contribution is 2.26. The van der Waals surface area contributed by atoms with Crippen LogP contribution in [-0.2, 0) is 11.3 Å². The second-order valence-electron chi connectivity index (χ2n) is 6.02. The van der Waals surface area contributed by atoms with Crippen LogP contribution < -0.4 is 10.1 Å². The van der Waals surface area contributed by atoms with Gasteiger partial charge in [0.2, 0.25) is 11.7 Å². The fourth-order valence-electron chi connectivity index (χ4n) is 2.52. The van der Waals surface area contributed by atoms with Gasteiger partial charge in [0.1, 0.15) is 12.2 Å². The highest BCUT2D eigenvalue weighted by molar-refractivity contribution is 5.76. The van der Waals surface area contributed by atoms with Crippen molar-refractivity contribution in [3.8, 4) is 28.7 Å². The van der Waals surface area contributed by atoms with Gasteiger partial charge in [-0.05, 0) is 44.2 Å². The summed E-state index contributed by atoms with van der Waals surface area (Å²) >= 11 is 0. The molecule has 136 valence electrons. The van der Waals surface area contributed by atoms with E-state index in [1.54, 1.807) is 29.0 Å². The summed E-state index contributed by atoms with van der Waals surface area (Å²) in [6.45, 7) is 3.93. The average Bonchev–Trinajstić information content (AvgIpc) is 3.22. The Morgan fingerprint density at radius 2 is 2.19 bits per heavy atom. The molecule has 0 saturated heterocycles.